The second kappa shape index (κ2) is 2.03. The first-order chi connectivity index (χ1) is 6.34. The minimum absolute atomic E-state index is 0.0546. The van der Waals surface area contributed by atoms with Gasteiger partial charge in [-0.3, -0.25) is 0 Å². The van der Waals surface area contributed by atoms with Crippen molar-refractivity contribution < 1.29 is 5.11 Å². The highest BCUT2D eigenvalue weighted by Crippen LogP contribution is 2.65. The largest absolute Gasteiger partial charge is 0.393 e. The van der Waals surface area contributed by atoms with Crippen molar-refractivity contribution in [2.75, 3.05) is 0 Å². The molecule has 1 heteroatoms. The third-order valence-corrected chi connectivity index (χ3v) is 5.24. The van der Waals surface area contributed by atoms with Gasteiger partial charge in [-0.25, -0.2) is 0 Å². The number of aliphatic hydroxyl groups is 1. The van der Waals surface area contributed by atoms with Crippen LogP contribution in [-0.4, -0.2) is 11.2 Å². The van der Waals surface area contributed by atoms with E-state index in [1.807, 2.05) is 0 Å². The number of aliphatic hydroxyl groups excluding tert-OH is 1. The molecule has 0 radical (unpaired) electrons. The molecule has 4 rings (SSSR count). The van der Waals surface area contributed by atoms with Crippen LogP contribution in [0.5, 0.6) is 0 Å². The maximum atomic E-state index is 9.87. The third-order valence-electron chi connectivity index (χ3n) is 5.24. The van der Waals surface area contributed by atoms with E-state index >= 15 is 0 Å². The first-order valence-electron chi connectivity index (χ1n) is 5.71. The summed E-state index contributed by atoms with van der Waals surface area (Å²) in [5, 5.41) is 9.87. The van der Waals surface area contributed by atoms with Gasteiger partial charge in [0.15, 0.2) is 0 Å². The highest BCUT2D eigenvalue weighted by atomic mass is 16.3. The highest BCUT2D eigenvalue weighted by Gasteiger charge is 2.60. The fraction of sp³-hybridized carbons (Fsp3) is 0.833. The molecule has 3 saturated carbocycles. The Labute approximate surface area is 78.8 Å². The van der Waals surface area contributed by atoms with Crippen LogP contribution >= 0.6 is 0 Å². The SMILES string of the molecule is O[C@@H]1C[C@@H]2C[C@H]1[C@@H]1[C@H]2[C@@H]2C=C[C@H]1C2. The summed E-state index contributed by atoms with van der Waals surface area (Å²) in [6, 6.07) is 0. The Hall–Kier alpha value is -0.300. The lowest BCUT2D eigenvalue weighted by Crippen LogP contribution is -2.33. The van der Waals surface area contributed by atoms with Crippen molar-refractivity contribution >= 4 is 0 Å². The van der Waals surface area contributed by atoms with Gasteiger partial charge in [0.1, 0.15) is 0 Å². The number of hydrogen-bond donors (Lipinski definition) is 1. The van der Waals surface area contributed by atoms with E-state index < -0.39 is 0 Å². The first kappa shape index (κ1) is 7.05. The Morgan fingerprint density at radius 2 is 1.69 bits per heavy atom. The van der Waals surface area contributed by atoms with E-state index in [4.69, 9.17) is 0 Å². The molecule has 4 aliphatic rings. The van der Waals surface area contributed by atoms with Gasteiger partial charge >= 0.3 is 0 Å². The van der Waals surface area contributed by atoms with Crippen LogP contribution < -0.4 is 0 Å². The second-order valence-corrected chi connectivity index (χ2v) is 5.57. The molecule has 4 bridgehead atoms. The lowest BCUT2D eigenvalue weighted by molar-refractivity contribution is 0.0484. The number of allylic oxidation sites excluding steroid dienone is 2. The molecule has 0 aromatic rings. The van der Waals surface area contributed by atoms with Gasteiger partial charge in [-0.05, 0) is 54.8 Å². The fourth-order valence-corrected chi connectivity index (χ4v) is 4.98. The standard InChI is InChI=1S/C12H16O/c13-10-5-8-4-9(10)12-7-2-1-6(3-7)11(8)12/h1-2,6-13H,3-5H2/t6-,7+,8+,9-,10-,11+,12-/m1/s1. The van der Waals surface area contributed by atoms with Crippen LogP contribution in [0.3, 0.4) is 0 Å². The third kappa shape index (κ3) is 0.665. The molecule has 0 aromatic heterocycles. The summed E-state index contributed by atoms with van der Waals surface area (Å²) in [7, 11) is 0. The molecule has 0 spiro atoms. The molecule has 0 heterocycles. The van der Waals surface area contributed by atoms with Gasteiger partial charge < -0.3 is 5.11 Å². The van der Waals surface area contributed by atoms with Gasteiger partial charge in [-0.1, -0.05) is 12.2 Å². The van der Waals surface area contributed by atoms with E-state index in [1.165, 1.54) is 12.8 Å². The van der Waals surface area contributed by atoms with E-state index in [9.17, 15) is 5.11 Å². The molecular weight excluding hydrogens is 160 g/mol. The first-order valence-corrected chi connectivity index (χ1v) is 5.71. The van der Waals surface area contributed by atoms with Gasteiger partial charge in [-0.2, -0.15) is 0 Å². The Morgan fingerprint density at radius 1 is 0.923 bits per heavy atom. The minimum atomic E-state index is 0.0546. The molecule has 1 nitrogen and oxygen atoms in total. The summed E-state index contributed by atoms with van der Waals surface area (Å²) in [6.45, 7) is 0. The zero-order valence-electron chi connectivity index (χ0n) is 7.76. The predicted molar refractivity (Wildman–Crippen MR) is 49.9 cm³/mol. The van der Waals surface area contributed by atoms with Crippen molar-refractivity contribution in [3.63, 3.8) is 0 Å². The number of hydrogen-bond acceptors (Lipinski definition) is 1. The van der Waals surface area contributed by atoms with Gasteiger partial charge in [0.05, 0.1) is 6.10 Å². The monoisotopic (exact) mass is 176 g/mol. The molecule has 0 saturated heterocycles. The average molecular weight is 176 g/mol. The Morgan fingerprint density at radius 3 is 2.54 bits per heavy atom. The topological polar surface area (TPSA) is 20.2 Å². The van der Waals surface area contributed by atoms with Crippen LogP contribution in [-0.2, 0) is 0 Å². The van der Waals surface area contributed by atoms with E-state index in [1.54, 1.807) is 0 Å². The predicted octanol–water partition coefficient (Wildman–Crippen LogP) is 1.83. The molecule has 0 aromatic carbocycles. The van der Waals surface area contributed by atoms with Crippen LogP contribution in [0.15, 0.2) is 12.2 Å². The summed E-state index contributed by atoms with van der Waals surface area (Å²) in [6.07, 6.45) is 8.81. The second-order valence-electron chi connectivity index (χ2n) is 5.57. The molecule has 0 unspecified atom stereocenters. The molecular formula is C12H16O. The van der Waals surface area contributed by atoms with E-state index in [0.29, 0.717) is 5.92 Å². The summed E-state index contributed by atoms with van der Waals surface area (Å²) in [4.78, 5) is 0. The quantitative estimate of drug-likeness (QED) is 0.441. The molecule has 4 aliphatic carbocycles. The van der Waals surface area contributed by atoms with E-state index in [0.717, 1.165) is 36.0 Å². The zero-order chi connectivity index (χ0) is 8.58. The van der Waals surface area contributed by atoms with E-state index in [-0.39, 0.29) is 6.10 Å². The smallest absolute Gasteiger partial charge is 0.0574 e. The van der Waals surface area contributed by atoms with Crippen LogP contribution in [0, 0.1) is 35.5 Å². The normalized spacial score (nSPS) is 66.4. The molecule has 3 fully saturated rings. The van der Waals surface area contributed by atoms with Crippen molar-refractivity contribution in [2.24, 2.45) is 35.5 Å². The summed E-state index contributed by atoms with van der Waals surface area (Å²) in [5.41, 5.74) is 0. The minimum Gasteiger partial charge on any atom is -0.393 e. The van der Waals surface area contributed by atoms with Crippen LogP contribution in [0.2, 0.25) is 0 Å². The van der Waals surface area contributed by atoms with Crippen molar-refractivity contribution in [1.29, 1.82) is 0 Å². The Bertz CT molecular complexity index is 283. The maximum Gasteiger partial charge on any atom is 0.0574 e. The summed E-state index contributed by atoms with van der Waals surface area (Å²) >= 11 is 0. The summed E-state index contributed by atoms with van der Waals surface area (Å²) in [5.74, 6) is 5.16. The average Bonchev–Trinajstić information content (AvgIpc) is 2.78. The highest BCUT2D eigenvalue weighted by molar-refractivity contribution is 5.20. The maximum absolute atomic E-state index is 9.87. The van der Waals surface area contributed by atoms with Crippen molar-refractivity contribution in [3.05, 3.63) is 12.2 Å². The molecule has 1 N–H and O–H groups in total. The molecule has 13 heavy (non-hydrogen) atoms. The van der Waals surface area contributed by atoms with Gasteiger partial charge in [0, 0.05) is 0 Å². The number of fused-ring (bicyclic) bond motifs is 9. The Balaban J connectivity index is 1.79. The van der Waals surface area contributed by atoms with Gasteiger partial charge in [0.25, 0.3) is 0 Å². The molecule has 0 amide bonds. The summed E-state index contributed by atoms with van der Waals surface area (Å²) < 4.78 is 0. The van der Waals surface area contributed by atoms with Gasteiger partial charge in [0.2, 0.25) is 0 Å². The van der Waals surface area contributed by atoms with Crippen LogP contribution in [0.1, 0.15) is 19.3 Å². The Kier molecular flexibility index (Phi) is 1.10. The van der Waals surface area contributed by atoms with Crippen LogP contribution in [0.25, 0.3) is 0 Å². The van der Waals surface area contributed by atoms with Gasteiger partial charge in [-0.15, -0.1) is 0 Å². The van der Waals surface area contributed by atoms with E-state index in [2.05, 4.69) is 12.2 Å². The fourth-order valence-electron chi connectivity index (χ4n) is 4.98. The lowest BCUT2D eigenvalue weighted by atomic mass is 9.72. The molecule has 70 valence electrons. The number of rotatable bonds is 0. The molecule has 0 aliphatic heterocycles. The van der Waals surface area contributed by atoms with Crippen molar-refractivity contribution in [1.82, 2.24) is 0 Å². The zero-order valence-corrected chi connectivity index (χ0v) is 7.76. The van der Waals surface area contributed by atoms with Crippen molar-refractivity contribution in [2.45, 2.75) is 25.4 Å². The lowest BCUT2D eigenvalue weighted by Gasteiger charge is -2.34. The molecule has 7 atom stereocenters. The van der Waals surface area contributed by atoms with Crippen LogP contribution in [0.4, 0.5) is 0 Å². The van der Waals surface area contributed by atoms with Crippen molar-refractivity contribution in [3.8, 4) is 0 Å².